The van der Waals surface area contributed by atoms with Crippen LogP contribution >= 0.6 is 0 Å². The van der Waals surface area contributed by atoms with E-state index in [1.165, 1.54) is 225 Å². The molecule has 0 aromatic heterocycles. The molecule has 0 aliphatic heterocycles. The van der Waals surface area contributed by atoms with Gasteiger partial charge < -0.3 is 14.2 Å². The van der Waals surface area contributed by atoms with Crippen molar-refractivity contribution in [2.24, 2.45) is 0 Å². The molecule has 0 aliphatic carbocycles. The van der Waals surface area contributed by atoms with Crippen molar-refractivity contribution in [2.75, 3.05) is 13.2 Å². The van der Waals surface area contributed by atoms with Crippen LogP contribution in [0.4, 0.5) is 0 Å². The lowest BCUT2D eigenvalue weighted by atomic mass is 10.0. The molecule has 0 aromatic carbocycles. The summed E-state index contributed by atoms with van der Waals surface area (Å²) in [6, 6.07) is 0. The second-order valence-electron chi connectivity index (χ2n) is 21.3. The lowest BCUT2D eigenvalue weighted by Gasteiger charge is -2.18. The third-order valence-corrected chi connectivity index (χ3v) is 14.1. The molecule has 0 saturated heterocycles. The zero-order chi connectivity index (χ0) is 52.2. The predicted molar refractivity (Wildman–Crippen MR) is 312 cm³/mol. The summed E-state index contributed by atoms with van der Waals surface area (Å²) in [5, 5.41) is 0. The van der Waals surface area contributed by atoms with E-state index < -0.39 is 6.10 Å². The van der Waals surface area contributed by atoms with Gasteiger partial charge >= 0.3 is 17.9 Å². The summed E-state index contributed by atoms with van der Waals surface area (Å²) in [6.07, 6.45) is 76.0. The number of hydrogen-bond donors (Lipinski definition) is 0. The Morgan fingerprint density at radius 1 is 0.292 bits per heavy atom. The molecule has 1 unspecified atom stereocenters. The van der Waals surface area contributed by atoms with Gasteiger partial charge in [0.1, 0.15) is 13.2 Å². The van der Waals surface area contributed by atoms with Crippen LogP contribution in [0.3, 0.4) is 0 Å². The van der Waals surface area contributed by atoms with Gasteiger partial charge in [-0.3, -0.25) is 14.4 Å². The maximum atomic E-state index is 12.8. The van der Waals surface area contributed by atoms with Gasteiger partial charge in [-0.15, -0.1) is 0 Å². The molecule has 1 atom stereocenters. The first-order chi connectivity index (χ1) is 35.5. The fourth-order valence-electron chi connectivity index (χ4n) is 9.40. The highest BCUT2D eigenvalue weighted by molar-refractivity contribution is 5.71. The Bertz CT molecular complexity index is 1250. The van der Waals surface area contributed by atoms with Crippen molar-refractivity contribution in [3.8, 4) is 0 Å². The highest BCUT2D eigenvalue weighted by Gasteiger charge is 2.19. The molecular weight excluding hydrogens is 889 g/mol. The molecule has 0 fully saturated rings. The zero-order valence-corrected chi connectivity index (χ0v) is 48.2. The number of rotatable bonds is 58. The van der Waals surface area contributed by atoms with Gasteiger partial charge in [-0.05, 0) is 44.9 Å². The highest BCUT2D eigenvalue weighted by atomic mass is 16.6. The number of esters is 3. The molecule has 0 aromatic rings. The van der Waals surface area contributed by atoms with Crippen LogP contribution in [0.5, 0.6) is 0 Å². The van der Waals surface area contributed by atoms with Crippen LogP contribution < -0.4 is 0 Å². The molecule has 0 spiro atoms. The normalized spacial score (nSPS) is 12.3. The fraction of sp³-hybridized carbons (Fsp3) is 0.833. The highest BCUT2D eigenvalue weighted by Crippen LogP contribution is 2.18. The number of ether oxygens (including phenoxy) is 3. The zero-order valence-electron chi connectivity index (χ0n) is 48.2. The number of hydrogen-bond acceptors (Lipinski definition) is 6. The van der Waals surface area contributed by atoms with Gasteiger partial charge in [0.25, 0.3) is 0 Å². The third kappa shape index (κ3) is 58.3. The minimum atomic E-state index is -0.807. The first kappa shape index (κ1) is 69.4. The number of allylic oxidation sites excluding steroid dienone is 8. The summed E-state index contributed by atoms with van der Waals surface area (Å²) in [6.45, 7) is 6.50. The minimum absolute atomic E-state index is 0.0974. The largest absolute Gasteiger partial charge is 0.462 e. The van der Waals surface area contributed by atoms with E-state index in [0.29, 0.717) is 19.3 Å². The second kappa shape index (κ2) is 60.9. The lowest BCUT2D eigenvalue weighted by Crippen LogP contribution is -2.30. The van der Waals surface area contributed by atoms with Crippen LogP contribution in [0.2, 0.25) is 0 Å². The van der Waals surface area contributed by atoms with Crippen molar-refractivity contribution in [3.05, 3.63) is 48.6 Å². The van der Waals surface area contributed by atoms with Gasteiger partial charge in [-0.25, -0.2) is 0 Å². The van der Waals surface area contributed by atoms with Crippen LogP contribution in [0.15, 0.2) is 48.6 Å². The number of carbonyl (C=O) groups excluding carboxylic acids is 3. The average Bonchev–Trinajstić information content (AvgIpc) is 3.38. The van der Waals surface area contributed by atoms with Crippen molar-refractivity contribution < 1.29 is 28.6 Å². The molecular formula is C66H120O6. The number of carbonyl (C=O) groups is 3. The van der Waals surface area contributed by atoms with Crippen molar-refractivity contribution in [3.63, 3.8) is 0 Å². The minimum Gasteiger partial charge on any atom is -0.462 e. The molecule has 0 bridgehead atoms. The van der Waals surface area contributed by atoms with Gasteiger partial charge in [-0.1, -0.05) is 320 Å². The van der Waals surface area contributed by atoms with Crippen LogP contribution in [0.1, 0.15) is 335 Å². The van der Waals surface area contributed by atoms with E-state index >= 15 is 0 Å². The molecule has 0 radical (unpaired) electrons. The quantitative estimate of drug-likeness (QED) is 0.0261. The Kier molecular flexibility index (Phi) is 58.7. The molecule has 420 valence electrons. The van der Waals surface area contributed by atoms with Crippen molar-refractivity contribution in [1.29, 1.82) is 0 Å². The summed E-state index contributed by atoms with van der Waals surface area (Å²) in [5.41, 5.74) is 0. The maximum absolute atomic E-state index is 12.8. The average molecular weight is 1010 g/mol. The standard InChI is InChI=1S/C66H120O6/c1-4-7-10-13-16-19-22-24-25-26-27-28-29-30-31-32-33-34-35-36-37-38-39-40-42-44-47-50-53-56-59-65(68)71-62-63(61-70-64(67)58-55-52-49-46-43-21-18-15-12-9-6-3)72-66(69)60-57-54-51-48-45-41-23-20-17-14-11-8-5-2/h8,11,17,20,41,45,51,54,63H,4-7,9-10,12-16,18-19,21-40,42-44,46-50,52-53,55-62H2,1-3H3/b11-8-,20-17-,45-41-,54-51-. The van der Waals surface area contributed by atoms with E-state index in [9.17, 15) is 14.4 Å². The summed E-state index contributed by atoms with van der Waals surface area (Å²) in [7, 11) is 0. The lowest BCUT2D eigenvalue weighted by molar-refractivity contribution is -0.166. The third-order valence-electron chi connectivity index (χ3n) is 14.1. The van der Waals surface area contributed by atoms with Crippen molar-refractivity contribution in [1.82, 2.24) is 0 Å². The summed E-state index contributed by atoms with van der Waals surface area (Å²) in [4.78, 5) is 38.1. The second-order valence-corrected chi connectivity index (χ2v) is 21.3. The van der Waals surface area contributed by atoms with E-state index in [2.05, 4.69) is 63.3 Å². The topological polar surface area (TPSA) is 78.9 Å². The molecule has 6 nitrogen and oxygen atoms in total. The maximum Gasteiger partial charge on any atom is 0.306 e. The molecule has 0 heterocycles. The molecule has 0 amide bonds. The molecule has 6 heteroatoms. The first-order valence-electron chi connectivity index (χ1n) is 31.6. The Hall–Kier alpha value is -2.63. The number of unbranched alkanes of at least 4 members (excludes halogenated alkanes) is 39. The molecule has 0 rings (SSSR count). The summed E-state index contributed by atoms with van der Waals surface area (Å²) < 4.78 is 16.8. The van der Waals surface area contributed by atoms with E-state index in [-0.39, 0.29) is 37.5 Å². The van der Waals surface area contributed by atoms with E-state index in [4.69, 9.17) is 14.2 Å². The predicted octanol–water partition coefficient (Wildman–Crippen LogP) is 21.4. The van der Waals surface area contributed by atoms with Gasteiger partial charge in [0.05, 0.1) is 0 Å². The summed E-state index contributed by atoms with van der Waals surface area (Å²) in [5.74, 6) is -0.964. The van der Waals surface area contributed by atoms with Crippen LogP contribution in [-0.2, 0) is 28.6 Å². The first-order valence-corrected chi connectivity index (χ1v) is 31.6. The Morgan fingerprint density at radius 3 is 0.819 bits per heavy atom. The Balaban J connectivity index is 4.10. The molecule has 0 saturated carbocycles. The van der Waals surface area contributed by atoms with E-state index in [1.54, 1.807) is 0 Å². The van der Waals surface area contributed by atoms with Crippen LogP contribution in [0.25, 0.3) is 0 Å². The Labute approximate surface area is 448 Å². The van der Waals surface area contributed by atoms with Crippen molar-refractivity contribution in [2.45, 2.75) is 341 Å². The smallest absolute Gasteiger partial charge is 0.306 e. The molecule has 0 aliphatic rings. The van der Waals surface area contributed by atoms with E-state index in [0.717, 1.165) is 64.2 Å². The SMILES string of the molecule is CC/C=C\C/C=C\C/C=C\C/C=C\CCC(=O)OC(COC(=O)CCCCCCCCCCCCC)COC(=O)CCCCCCCCCCCCCCCCCCCCCCCCCCCCCCCC. The van der Waals surface area contributed by atoms with Crippen molar-refractivity contribution >= 4 is 17.9 Å². The molecule has 0 N–H and O–H groups in total. The monoisotopic (exact) mass is 1010 g/mol. The van der Waals surface area contributed by atoms with Crippen LogP contribution in [-0.4, -0.2) is 37.2 Å². The summed E-state index contributed by atoms with van der Waals surface area (Å²) >= 11 is 0. The van der Waals surface area contributed by atoms with Gasteiger partial charge in [0.2, 0.25) is 0 Å². The fourth-order valence-corrected chi connectivity index (χ4v) is 9.40. The Morgan fingerprint density at radius 2 is 0.542 bits per heavy atom. The molecule has 72 heavy (non-hydrogen) atoms. The van der Waals surface area contributed by atoms with Gasteiger partial charge in [0, 0.05) is 19.3 Å². The van der Waals surface area contributed by atoms with E-state index in [1.807, 2.05) is 6.08 Å². The van der Waals surface area contributed by atoms with Gasteiger partial charge in [-0.2, -0.15) is 0 Å². The van der Waals surface area contributed by atoms with Gasteiger partial charge in [0.15, 0.2) is 6.10 Å². The van der Waals surface area contributed by atoms with Crippen LogP contribution in [0, 0.1) is 0 Å².